The van der Waals surface area contributed by atoms with Gasteiger partial charge in [-0.2, -0.15) is 9.61 Å². The molecule has 0 aliphatic carbocycles. The first-order chi connectivity index (χ1) is 18.5. The van der Waals surface area contributed by atoms with Crippen LogP contribution in [0.25, 0.3) is 11.3 Å². The number of hydrogen-bond acceptors (Lipinski definition) is 7. The normalized spacial score (nSPS) is 23.2. The van der Waals surface area contributed by atoms with Crippen LogP contribution in [0.4, 0.5) is 11.6 Å². The van der Waals surface area contributed by atoms with E-state index in [1.54, 1.807) is 0 Å². The first-order valence-corrected chi connectivity index (χ1v) is 14.3. The standard InChI is InChI=1S/C29H38ClN7O/c1-20-24-16-22(30)9-8-21(24)6-5-14-38-15-13-34(2)29-18-27(35-12-10-23(31)19-35)32-28-17-25(33-37(28)29)26-7-3-4-11-36(20)26/h8-9,16-18,23,26H,1,3-7,10-15,19,31H2,2H3/t23-,26?/m0/s1. The van der Waals surface area contributed by atoms with Crippen molar-refractivity contribution >= 4 is 34.6 Å². The van der Waals surface area contributed by atoms with Gasteiger partial charge >= 0.3 is 0 Å². The van der Waals surface area contributed by atoms with Crippen LogP contribution < -0.4 is 15.5 Å². The predicted molar refractivity (Wildman–Crippen MR) is 154 cm³/mol. The zero-order valence-electron chi connectivity index (χ0n) is 22.3. The fourth-order valence-electron chi connectivity index (χ4n) is 6.09. The van der Waals surface area contributed by atoms with E-state index in [1.807, 2.05) is 10.6 Å². The summed E-state index contributed by atoms with van der Waals surface area (Å²) < 4.78 is 8.06. The Balaban J connectivity index is 1.45. The van der Waals surface area contributed by atoms with Crippen LogP contribution in [-0.4, -0.2) is 72.0 Å². The first kappa shape index (κ1) is 25.5. The van der Waals surface area contributed by atoms with Gasteiger partial charge in [-0.25, -0.2) is 4.98 Å². The Kier molecular flexibility index (Phi) is 7.20. The van der Waals surface area contributed by atoms with E-state index >= 15 is 0 Å². The van der Waals surface area contributed by atoms with Gasteiger partial charge in [0.15, 0.2) is 5.65 Å². The second-order valence-corrected chi connectivity index (χ2v) is 11.3. The molecule has 202 valence electrons. The van der Waals surface area contributed by atoms with E-state index in [4.69, 9.17) is 32.2 Å². The maximum atomic E-state index is 6.48. The Labute approximate surface area is 230 Å². The summed E-state index contributed by atoms with van der Waals surface area (Å²) >= 11 is 6.48. The van der Waals surface area contributed by atoms with E-state index in [9.17, 15) is 0 Å². The number of aryl methyl sites for hydroxylation is 1. The number of anilines is 2. The van der Waals surface area contributed by atoms with Gasteiger partial charge in [-0.15, -0.1) is 0 Å². The second-order valence-electron chi connectivity index (χ2n) is 10.9. The third-order valence-electron chi connectivity index (χ3n) is 8.23. The van der Waals surface area contributed by atoms with Gasteiger partial charge in [-0.05, 0) is 56.2 Å². The van der Waals surface area contributed by atoms with E-state index < -0.39 is 0 Å². The van der Waals surface area contributed by atoms with Crippen LogP contribution >= 0.6 is 11.6 Å². The van der Waals surface area contributed by atoms with E-state index in [2.05, 4.69) is 52.6 Å². The van der Waals surface area contributed by atoms with Crippen LogP contribution in [0.2, 0.25) is 5.02 Å². The molecular formula is C29H38ClN7O. The Bertz CT molecular complexity index is 1320. The van der Waals surface area contributed by atoms with Crippen molar-refractivity contribution in [1.29, 1.82) is 0 Å². The van der Waals surface area contributed by atoms with E-state index in [0.717, 1.165) is 97.5 Å². The Hall–Kier alpha value is -2.81. The van der Waals surface area contributed by atoms with Gasteiger partial charge in [-0.3, -0.25) is 0 Å². The molecule has 3 aliphatic rings. The lowest BCUT2D eigenvalue weighted by atomic mass is 9.94. The molecule has 1 aromatic carbocycles. The van der Waals surface area contributed by atoms with E-state index in [1.165, 1.54) is 12.0 Å². The summed E-state index contributed by atoms with van der Waals surface area (Å²) in [6, 6.07) is 10.8. The summed E-state index contributed by atoms with van der Waals surface area (Å²) in [6.07, 6.45) is 6.21. The van der Waals surface area contributed by atoms with Crippen molar-refractivity contribution < 1.29 is 4.74 Å². The molecule has 0 radical (unpaired) electrons. The summed E-state index contributed by atoms with van der Waals surface area (Å²) in [4.78, 5) is 12.0. The molecule has 2 saturated heterocycles. The molecular weight excluding hydrogens is 498 g/mol. The van der Waals surface area contributed by atoms with Crippen LogP contribution in [0.1, 0.15) is 55.0 Å². The Morgan fingerprint density at radius 3 is 2.79 bits per heavy atom. The third kappa shape index (κ3) is 4.97. The molecule has 9 heteroatoms. The molecule has 2 aromatic heterocycles. The van der Waals surface area contributed by atoms with Crippen molar-refractivity contribution in [3.63, 3.8) is 0 Å². The number of rotatable bonds is 1. The van der Waals surface area contributed by atoms with Crippen molar-refractivity contribution in [3.05, 3.63) is 58.8 Å². The van der Waals surface area contributed by atoms with Crippen LogP contribution in [-0.2, 0) is 11.2 Å². The van der Waals surface area contributed by atoms with Crippen molar-refractivity contribution in [1.82, 2.24) is 19.5 Å². The Morgan fingerprint density at radius 1 is 1.05 bits per heavy atom. The lowest BCUT2D eigenvalue weighted by Crippen LogP contribution is -2.32. The van der Waals surface area contributed by atoms with Gasteiger partial charge < -0.3 is 25.2 Å². The minimum Gasteiger partial charge on any atom is -0.380 e. The summed E-state index contributed by atoms with van der Waals surface area (Å²) in [5, 5.41) is 5.91. The molecule has 0 spiro atoms. The number of nitrogens with zero attached hydrogens (tertiary/aromatic N) is 6. The van der Waals surface area contributed by atoms with Crippen LogP contribution in [0.15, 0.2) is 36.9 Å². The molecule has 1 unspecified atom stereocenters. The molecule has 3 aromatic rings. The van der Waals surface area contributed by atoms with Crippen molar-refractivity contribution in [2.24, 2.45) is 5.73 Å². The quantitative estimate of drug-likeness (QED) is 0.491. The smallest absolute Gasteiger partial charge is 0.160 e. The Morgan fingerprint density at radius 2 is 1.95 bits per heavy atom. The molecule has 2 atom stereocenters. The van der Waals surface area contributed by atoms with Gasteiger partial charge in [0.25, 0.3) is 0 Å². The number of fused-ring (bicyclic) bond motifs is 4. The number of nitrogens with two attached hydrogens (primary N) is 1. The highest BCUT2D eigenvalue weighted by Crippen LogP contribution is 2.38. The largest absolute Gasteiger partial charge is 0.380 e. The molecule has 6 rings (SSSR count). The third-order valence-corrected chi connectivity index (χ3v) is 8.47. The maximum Gasteiger partial charge on any atom is 0.160 e. The molecule has 38 heavy (non-hydrogen) atoms. The average Bonchev–Trinajstić information content (AvgIpc) is 3.56. The zero-order chi connectivity index (χ0) is 26.2. The number of hydrogen-bond donors (Lipinski definition) is 1. The minimum atomic E-state index is 0.142. The number of ether oxygens (including phenoxy) is 1. The van der Waals surface area contributed by atoms with Gasteiger partial charge in [-0.1, -0.05) is 24.2 Å². The summed E-state index contributed by atoms with van der Waals surface area (Å²) in [6.45, 7) is 9.43. The number of benzene rings is 1. The molecule has 0 saturated carbocycles. The van der Waals surface area contributed by atoms with Gasteiger partial charge in [0.05, 0.1) is 18.3 Å². The molecule has 2 N–H and O–H groups in total. The average molecular weight is 536 g/mol. The van der Waals surface area contributed by atoms with Gasteiger partial charge in [0.1, 0.15) is 11.6 Å². The molecule has 3 aliphatic heterocycles. The van der Waals surface area contributed by atoms with Crippen molar-refractivity contribution in [2.75, 3.05) is 56.2 Å². The summed E-state index contributed by atoms with van der Waals surface area (Å²) in [5.74, 6) is 1.98. The first-order valence-electron chi connectivity index (χ1n) is 13.9. The van der Waals surface area contributed by atoms with Crippen LogP contribution in [0.3, 0.4) is 0 Å². The molecule has 0 amide bonds. The van der Waals surface area contributed by atoms with Crippen LogP contribution in [0, 0.1) is 0 Å². The van der Waals surface area contributed by atoms with Gasteiger partial charge in [0.2, 0.25) is 0 Å². The highest BCUT2D eigenvalue weighted by molar-refractivity contribution is 6.30. The minimum absolute atomic E-state index is 0.142. The molecule has 2 bridgehead atoms. The summed E-state index contributed by atoms with van der Waals surface area (Å²) in [7, 11) is 2.11. The monoisotopic (exact) mass is 535 g/mol. The number of halogens is 1. The number of piperidine rings is 1. The number of aromatic nitrogens is 3. The van der Waals surface area contributed by atoms with E-state index in [0.29, 0.717) is 13.2 Å². The topological polar surface area (TPSA) is 75.2 Å². The SMILES string of the molecule is C=C1c2cc(Cl)ccc2CCCOCCN(C)c2cc(N3CC[C@H](N)C3)nc3cc(nn23)C2CCCCN12. The zero-order valence-corrected chi connectivity index (χ0v) is 23.0. The highest BCUT2D eigenvalue weighted by atomic mass is 35.5. The second kappa shape index (κ2) is 10.8. The lowest BCUT2D eigenvalue weighted by molar-refractivity contribution is 0.138. The fraction of sp³-hybridized carbons (Fsp3) is 0.517. The van der Waals surface area contributed by atoms with Gasteiger partial charge in [0, 0.05) is 74.3 Å². The van der Waals surface area contributed by atoms with Crippen molar-refractivity contribution in [2.45, 2.75) is 50.6 Å². The fourth-order valence-corrected chi connectivity index (χ4v) is 6.26. The highest BCUT2D eigenvalue weighted by Gasteiger charge is 2.30. The lowest BCUT2D eigenvalue weighted by Gasteiger charge is -2.38. The predicted octanol–water partition coefficient (Wildman–Crippen LogP) is 4.52. The molecule has 8 nitrogen and oxygen atoms in total. The maximum absolute atomic E-state index is 6.48. The number of likely N-dealkylation sites (N-methyl/N-ethyl adjacent to an activating group) is 1. The van der Waals surface area contributed by atoms with E-state index in [-0.39, 0.29) is 12.1 Å². The van der Waals surface area contributed by atoms with Crippen LogP contribution in [0.5, 0.6) is 0 Å². The summed E-state index contributed by atoms with van der Waals surface area (Å²) in [5.41, 5.74) is 11.6. The molecule has 2 fully saturated rings. The molecule has 5 heterocycles. The van der Waals surface area contributed by atoms with Crippen molar-refractivity contribution in [3.8, 4) is 0 Å².